The van der Waals surface area contributed by atoms with Crippen LogP contribution in [-0.2, 0) is 29.0 Å². The van der Waals surface area contributed by atoms with Crippen LogP contribution in [0, 0.1) is 60.7 Å². The molecule has 0 amide bonds. The Morgan fingerprint density at radius 3 is 0.933 bits per heavy atom. The van der Waals surface area contributed by atoms with Crippen LogP contribution < -0.4 is 0 Å². The molecule has 0 aromatic carbocycles. The summed E-state index contributed by atoms with van der Waals surface area (Å²) in [6.45, 7) is -3.10. The summed E-state index contributed by atoms with van der Waals surface area (Å²) >= 11 is 0. The van der Waals surface area contributed by atoms with Gasteiger partial charge in [0.25, 0.3) is 30.5 Å². The van der Waals surface area contributed by atoms with E-state index in [0.29, 0.717) is 0 Å². The zero-order valence-corrected chi connectivity index (χ0v) is 13.8. The van der Waals surface area contributed by atoms with Gasteiger partial charge in [-0.2, -0.15) is 0 Å². The third-order valence-electron chi connectivity index (χ3n) is 2.60. The molecule has 170 valence electrons. The molecule has 0 N–H and O–H groups in total. The van der Waals surface area contributed by atoms with E-state index in [1.807, 2.05) is 0 Å². The van der Waals surface area contributed by atoms with Gasteiger partial charge < -0.3 is 29.0 Å². The lowest BCUT2D eigenvalue weighted by Crippen LogP contribution is -2.54. The van der Waals surface area contributed by atoms with Crippen molar-refractivity contribution in [1.82, 2.24) is 0 Å². The van der Waals surface area contributed by atoms with Crippen LogP contribution >= 0.6 is 0 Å². The summed E-state index contributed by atoms with van der Waals surface area (Å²) in [7, 11) is 0. The lowest BCUT2D eigenvalue weighted by molar-refractivity contribution is -0.834. The first-order valence-corrected chi connectivity index (χ1v) is 6.62. The van der Waals surface area contributed by atoms with Crippen molar-refractivity contribution in [3.63, 3.8) is 0 Å². The van der Waals surface area contributed by atoms with Gasteiger partial charge >= 0.3 is 0 Å². The van der Waals surface area contributed by atoms with Gasteiger partial charge in [0, 0.05) is 0 Å². The molecule has 4 atom stereocenters. The van der Waals surface area contributed by atoms with Gasteiger partial charge in [0.2, 0.25) is 0 Å². The molecule has 0 rings (SSSR count). The van der Waals surface area contributed by atoms with E-state index in [2.05, 4.69) is 29.0 Å². The summed E-state index contributed by atoms with van der Waals surface area (Å²) in [5.74, 6) is 0. The largest absolute Gasteiger partial charge is 0.311 e. The predicted molar refractivity (Wildman–Crippen MR) is 73.4 cm³/mol. The molecule has 0 heterocycles. The number of hydrogen-bond donors (Lipinski definition) is 0. The molecule has 0 fully saturated rings. The van der Waals surface area contributed by atoms with Crippen molar-refractivity contribution in [2.24, 2.45) is 0 Å². The van der Waals surface area contributed by atoms with Crippen molar-refractivity contribution in [1.29, 1.82) is 0 Å². The van der Waals surface area contributed by atoms with Crippen molar-refractivity contribution in [2.75, 3.05) is 13.2 Å². The Morgan fingerprint density at radius 2 is 0.733 bits per heavy atom. The van der Waals surface area contributed by atoms with Crippen LogP contribution in [0.15, 0.2) is 0 Å². The van der Waals surface area contributed by atoms with Gasteiger partial charge in [-0.25, -0.2) is 0 Å². The minimum absolute atomic E-state index is 1.55. The molecule has 0 saturated heterocycles. The second kappa shape index (κ2) is 11.8. The van der Waals surface area contributed by atoms with E-state index < -0.39 is 68.1 Å². The van der Waals surface area contributed by atoms with Gasteiger partial charge in [-0.1, -0.05) is 0 Å². The maximum atomic E-state index is 10.7. The monoisotopic (exact) mass is 452 g/mol. The van der Waals surface area contributed by atoms with Crippen molar-refractivity contribution < 1.29 is 59.5 Å². The van der Waals surface area contributed by atoms with Gasteiger partial charge in [0.05, 0.1) is 0 Å². The first kappa shape index (κ1) is 25.2. The van der Waals surface area contributed by atoms with Crippen LogP contribution in [0.25, 0.3) is 0 Å². The average Bonchev–Trinajstić information content (AvgIpc) is 2.57. The minimum atomic E-state index is -2.78. The Bertz CT molecular complexity index is 612. The highest BCUT2D eigenvalue weighted by molar-refractivity contribution is 4.83. The Balaban J connectivity index is 6.19. The van der Waals surface area contributed by atoms with Gasteiger partial charge in [-0.05, 0) is 0 Å². The zero-order valence-electron chi connectivity index (χ0n) is 13.8. The summed E-state index contributed by atoms with van der Waals surface area (Å²) in [5.41, 5.74) is 0. The fraction of sp³-hybridized carbons (Fsp3) is 1.00. The standard InChI is InChI=1S/C6H8N6O18/c13-7(14)25-1-3(27-9(17)18)5(29-11(21)22)6(30-12(23)24)4(28-10(19)20)2-26-8(15)16/h3-6H,1-2H2/t3-,4-,5+,6+/m1/s1. The van der Waals surface area contributed by atoms with E-state index in [1.54, 1.807) is 0 Å². The Morgan fingerprint density at radius 1 is 0.467 bits per heavy atom. The van der Waals surface area contributed by atoms with E-state index in [0.717, 1.165) is 0 Å². The molecule has 0 aliphatic heterocycles. The fourth-order valence-electron chi connectivity index (χ4n) is 1.74. The zero-order chi connectivity index (χ0) is 23.4. The summed E-state index contributed by atoms with van der Waals surface area (Å²) in [6, 6.07) is 0. The molecule has 0 radical (unpaired) electrons. The lowest BCUT2D eigenvalue weighted by Gasteiger charge is -2.31. The first-order chi connectivity index (χ1) is 13.8. The molecule has 0 spiro atoms. The summed E-state index contributed by atoms with van der Waals surface area (Å²) < 4.78 is 0. The van der Waals surface area contributed by atoms with Crippen LogP contribution in [0.4, 0.5) is 0 Å². The Kier molecular flexibility index (Phi) is 9.93. The molecular weight excluding hydrogens is 444 g/mol. The molecule has 0 aromatic heterocycles. The number of nitrogens with zero attached hydrogens (tertiary/aromatic N) is 6. The SMILES string of the molecule is O=[N+]([O-])OC[C@@H](O[N+](=O)[O-])[C@H](O[N+](=O)[O-])[C@@H](O[N+](=O)[O-])[C@@H](CO[N+](=O)[O-])O[N+](=O)[O-]. The third-order valence-corrected chi connectivity index (χ3v) is 2.60. The van der Waals surface area contributed by atoms with E-state index in [1.165, 1.54) is 0 Å². The van der Waals surface area contributed by atoms with Crippen LogP contribution in [0.1, 0.15) is 0 Å². The smallest absolute Gasteiger partial charge is 0.294 e. The van der Waals surface area contributed by atoms with Crippen molar-refractivity contribution in [3.8, 4) is 0 Å². The lowest BCUT2D eigenvalue weighted by atomic mass is 10.0. The summed E-state index contributed by atoms with van der Waals surface area (Å²) in [6.07, 6.45) is -10.7. The van der Waals surface area contributed by atoms with Gasteiger partial charge in [0.15, 0.2) is 24.4 Å². The van der Waals surface area contributed by atoms with E-state index in [4.69, 9.17) is 0 Å². The van der Waals surface area contributed by atoms with Gasteiger partial charge in [-0.3, -0.25) is 0 Å². The molecule has 24 nitrogen and oxygen atoms in total. The maximum absolute atomic E-state index is 10.7. The van der Waals surface area contributed by atoms with Crippen LogP contribution in [0.2, 0.25) is 0 Å². The molecule has 24 heteroatoms. The average molecular weight is 452 g/mol. The first-order valence-electron chi connectivity index (χ1n) is 6.62. The van der Waals surface area contributed by atoms with Crippen molar-refractivity contribution in [3.05, 3.63) is 60.7 Å². The third kappa shape index (κ3) is 10.4. The molecule has 30 heavy (non-hydrogen) atoms. The summed E-state index contributed by atoms with van der Waals surface area (Å²) in [4.78, 5) is 86.0. The van der Waals surface area contributed by atoms with Crippen LogP contribution in [0.5, 0.6) is 0 Å². The quantitative estimate of drug-likeness (QED) is 0.165. The highest BCUT2D eigenvalue weighted by Crippen LogP contribution is 2.20. The van der Waals surface area contributed by atoms with Gasteiger partial charge in [0.1, 0.15) is 13.2 Å². The topological polar surface area (TPSA) is 314 Å². The molecule has 0 aliphatic carbocycles. The van der Waals surface area contributed by atoms with Gasteiger partial charge in [-0.15, -0.1) is 60.7 Å². The second-order valence-electron chi connectivity index (χ2n) is 4.36. The normalized spacial score (nSPS) is 14.0. The minimum Gasteiger partial charge on any atom is -0.311 e. The predicted octanol–water partition coefficient (Wildman–Crippen LogP) is -2.29. The van der Waals surface area contributed by atoms with Crippen LogP contribution in [0.3, 0.4) is 0 Å². The summed E-state index contributed by atoms with van der Waals surface area (Å²) in [5, 5.41) is 53.1. The molecule has 0 saturated carbocycles. The number of rotatable bonds is 17. The van der Waals surface area contributed by atoms with E-state index in [-0.39, 0.29) is 0 Å². The molecule has 0 unspecified atom stereocenters. The Labute approximate surface area is 159 Å². The van der Waals surface area contributed by atoms with Crippen molar-refractivity contribution >= 4 is 0 Å². The van der Waals surface area contributed by atoms with E-state index in [9.17, 15) is 60.7 Å². The van der Waals surface area contributed by atoms with Crippen molar-refractivity contribution in [2.45, 2.75) is 24.4 Å². The highest BCUT2D eigenvalue weighted by atomic mass is 17.0. The number of hydrogen-bond acceptors (Lipinski definition) is 18. The van der Waals surface area contributed by atoms with Crippen LogP contribution in [-0.4, -0.2) is 68.1 Å². The maximum Gasteiger partial charge on any atom is 0.294 e. The highest BCUT2D eigenvalue weighted by Gasteiger charge is 2.45. The molecular formula is C6H8N6O18. The molecule has 0 aliphatic rings. The molecule has 0 aromatic rings. The fourth-order valence-corrected chi connectivity index (χ4v) is 1.74. The second-order valence-corrected chi connectivity index (χ2v) is 4.36. The Hall–Kier alpha value is -4.80. The molecule has 0 bridgehead atoms. The van der Waals surface area contributed by atoms with E-state index >= 15 is 0 Å².